The Morgan fingerprint density at radius 2 is 1.80 bits per heavy atom. The Morgan fingerprint density at radius 3 is 2.40 bits per heavy atom. The molecule has 0 radical (unpaired) electrons. The number of rotatable bonds is 10. The summed E-state index contributed by atoms with van der Waals surface area (Å²) in [6.45, 7) is 3.31. The van der Waals surface area contributed by atoms with Gasteiger partial charge in [-0.25, -0.2) is 0 Å². The first-order chi connectivity index (χ1) is 9.74. The summed E-state index contributed by atoms with van der Waals surface area (Å²) in [5.74, 6) is 0. The molecule has 0 aromatic carbocycles. The second kappa shape index (κ2) is 7.63. The van der Waals surface area contributed by atoms with E-state index in [4.69, 9.17) is 5.73 Å². The number of nitrogens with zero attached hydrogens (tertiary/aromatic N) is 1. The van der Waals surface area contributed by atoms with Crippen LogP contribution in [0.1, 0.15) is 70.4 Å². The van der Waals surface area contributed by atoms with Crippen molar-refractivity contribution in [2.45, 2.75) is 70.3 Å². The van der Waals surface area contributed by atoms with Gasteiger partial charge < -0.3 is 11.1 Å². The molecular formula is C17H29N3. The van der Waals surface area contributed by atoms with E-state index in [9.17, 15) is 0 Å². The zero-order valence-corrected chi connectivity index (χ0v) is 12.8. The highest BCUT2D eigenvalue weighted by molar-refractivity contribution is 5.42. The molecule has 1 saturated carbocycles. The molecule has 0 bridgehead atoms. The molecule has 3 nitrogen and oxygen atoms in total. The standard InChI is InChI=1S/C17H29N3/c1-2-3-4-5-6-7-8-13-19-15-9-10-16(20-14-15)17(18)11-12-17/h9-10,14,19H,2-8,11-13,18H2,1H3. The molecule has 3 N–H and O–H groups in total. The van der Waals surface area contributed by atoms with Gasteiger partial charge in [-0.1, -0.05) is 45.4 Å². The minimum Gasteiger partial charge on any atom is -0.384 e. The third kappa shape index (κ3) is 4.78. The Kier molecular flexibility index (Phi) is 5.84. The number of unbranched alkanes of at least 4 members (excludes halogenated alkanes) is 6. The molecule has 0 unspecified atom stereocenters. The number of anilines is 1. The van der Waals surface area contributed by atoms with Crippen LogP contribution in [0.25, 0.3) is 0 Å². The van der Waals surface area contributed by atoms with Gasteiger partial charge in [0.1, 0.15) is 0 Å². The third-order valence-electron chi connectivity index (χ3n) is 4.17. The van der Waals surface area contributed by atoms with E-state index in [1.165, 1.54) is 44.9 Å². The van der Waals surface area contributed by atoms with E-state index in [0.29, 0.717) is 0 Å². The molecule has 112 valence electrons. The SMILES string of the molecule is CCCCCCCCCNc1ccc(C2(N)CC2)nc1. The number of hydrogen-bond acceptors (Lipinski definition) is 3. The molecular weight excluding hydrogens is 246 g/mol. The van der Waals surface area contributed by atoms with Crippen molar-refractivity contribution in [3.05, 3.63) is 24.0 Å². The fourth-order valence-corrected chi connectivity index (χ4v) is 2.50. The summed E-state index contributed by atoms with van der Waals surface area (Å²) in [6, 6.07) is 4.18. The third-order valence-corrected chi connectivity index (χ3v) is 4.17. The minimum absolute atomic E-state index is 0.114. The largest absolute Gasteiger partial charge is 0.384 e. The molecule has 2 rings (SSSR count). The number of hydrogen-bond donors (Lipinski definition) is 2. The van der Waals surface area contributed by atoms with Gasteiger partial charge in [-0.2, -0.15) is 0 Å². The smallest absolute Gasteiger partial charge is 0.0604 e. The number of aromatic nitrogens is 1. The fraction of sp³-hybridized carbons (Fsp3) is 0.706. The van der Waals surface area contributed by atoms with E-state index < -0.39 is 0 Å². The summed E-state index contributed by atoms with van der Waals surface area (Å²) in [5.41, 5.74) is 8.17. The van der Waals surface area contributed by atoms with Crippen LogP contribution in [0.3, 0.4) is 0 Å². The van der Waals surface area contributed by atoms with Gasteiger partial charge in [-0.15, -0.1) is 0 Å². The lowest BCUT2D eigenvalue weighted by molar-refractivity contribution is 0.596. The van der Waals surface area contributed by atoms with Gasteiger partial charge >= 0.3 is 0 Å². The van der Waals surface area contributed by atoms with Crippen molar-refractivity contribution in [3.63, 3.8) is 0 Å². The van der Waals surface area contributed by atoms with Crippen molar-refractivity contribution in [2.75, 3.05) is 11.9 Å². The van der Waals surface area contributed by atoms with Crippen LogP contribution in [0.5, 0.6) is 0 Å². The van der Waals surface area contributed by atoms with E-state index in [-0.39, 0.29) is 5.54 Å². The number of nitrogens with two attached hydrogens (primary N) is 1. The summed E-state index contributed by atoms with van der Waals surface area (Å²) in [7, 11) is 0. The number of pyridine rings is 1. The summed E-state index contributed by atoms with van der Waals surface area (Å²) in [5, 5.41) is 3.44. The van der Waals surface area contributed by atoms with Crippen LogP contribution in [0.2, 0.25) is 0 Å². The first kappa shape index (κ1) is 15.3. The maximum atomic E-state index is 6.12. The topological polar surface area (TPSA) is 50.9 Å². The fourth-order valence-electron chi connectivity index (χ4n) is 2.50. The van der Waals surface area contributed by atoms with Crippen LogP contribution in [0.4, 0.5) is 5.69 Å². The first-order valence-electron chi connectivity index (χ1n) is 8.24. The maximum absolute atomic E-state index is 6.12. The van der Waals surface area contributed by atoms with E-state index in [0.717, 1.165) is 30.8 Å². The van der Waals surface area contributed by atoms with Gasteiger partial charge in [-0.05, 0) is 31.4 Å². The van der Waals surface area contributed by atoms with Gasteiger partial charge in [0.05, 0.1) is 23.1 Å². The molecule has 1 heterocycles. The molecule has 1 aliphatic carbocycles. The average Bonchev–Trinajstić information content (AvgIpc) is 3.22. The Bertz CT molecular complexity index is 382. The van der Waals surface area contributed by atoms with E-state index >= 15 is 0 Å². The van der Waals surface area contributed by atoms with Crippen molar-refractivity contribution in [3.8, 4) is 0 Å². The normalized spacial score (nSPS) is 16.1. The Morgan fingerprint density at radius 1 is 1.10 bits per heavy atom. The van der Waals surface area contributed by atoms with Crippen molar-refractivity contribution in [2.24, 2.45) is 5.73 Å². The van der Waals surface area contributed by atoms with Crippen LogP contribution >= 0.6 is 0 Å². The summed E-state index contributed by atoms with van der Waals surface area (Å²) < 4.78 is 0. The highest BCUT2D eigenvalue weighted by Crippen LogP contribution is 2.41. The minimum atomic E-state index is -0.114. The molecule has 0 saturated heterocycles. The first-order valence-corrected chi connectivity index (χ1v) is 8.24. The lowest BCUT2D eigenvalue weighted by Crippen LogP contribution is -2.20. The molecule has 20 heavy (non-hydrogen) atoms. The summed E-state index contributed by atoms with van der Waals surface area (Å²) >= 11 is 0. The molecule has 0 atom stereocenters. The molecule has 1 aromatic heterocycles. The van der Waals surface area contributed by atoms with Crippen LogP contribution in [-0.4, -0.2) is 11.5 Å². The molecule has 3 heteroatoms. The van der Waals surface area contributed by atoms with Gasteiger partial charge in [0.2, 0.25) is 0 Å². The van der Waals surface area contributed by atoms with Crippen molar-refractivity contribution >= 4 is 5.69 Å². The molecule has 1 fully saturated rings. The maximum Gasteiger partial charge on any atom is 0.0604 e. The average molecular weight is 275 g/mol. The lowest BCUT2D eigenvalue weighted by Gasteiger charge is -2.10. The van der Waals surface area contributed by atoms with Gasteiger partial charge in [-0.3, -0.25) is 4.98 Å². The Hall–Kier alpha value is -1.09. The van der Waals surface area contributed by atoms with Gasteiger partial charge in [0, 0.05) is 6.54 Å². The summed E-state index contributed by atoms with van der Waals surface area (Å²) in [4.78, 5) is 4.47. The van der Waals surface area contributed by atoms with Gasteiger partial charge in [0.25, 0.3) is 0 Å². The zero-order chi connectivity index (χ0) is 14.3. The Labute approximate surface area is 123 Å². The predicted octanol–water partition coefficient (Wildman–Crippen LogP) is 4.19. The highest BCUT2D eigenvalue weighted by atomic mass is 14.9. The Balaban J connectivity index is 1.55. The summed E-state index contributed by atoms with van der Waals surface area (Å²) in [6.07, 6.45) is 13.5. The lowest BCUT2D eigenvalue weighted by atomic mass is 10.1. The quantitative estimate of drug-likeness (QED) is 0.629. The second-order valence-electron chi connectivity index (χ2n) is 6.14. The van der Waals surface area contributed by atoms with Crippen LogP contribution in [0.15, 0.2) is 18.3 Å². The molecule has 0 amide bonds. The predicted molar refractivity (Wildman–Crippen MR) is 85.8 cm³/mol. The van der Waals surface area contributed by atoms with Crippen LogP contribution in [0, 0.1) is 0 Å². The highest BCUT2D eigenvalue weighted by Gasteiger charge is 2.41. The molecule has 0 aliphatic heterocycles. The molecule has 1 aliphatic rings. The second-order valence-corrected chi connectivity index (χ2v) is 6.14. The monoisotopic (exact) mass is 275 g/mol. The van der Waals surface area contributed by atoms with E-state index in [2.05, 4.69) is 29.4 Å². The van der Waals surface area contributed by atoms with Gasteiger partial charge in [0.15, 0.2) is 0 Å². The molecule has 0 spiro atoms. The van der Waals surface area contributed by atoms with E-state index in [1.807, 2.05) is 6.20 Å². The molecule has 1 aromatic rings. The van der Waals surface area contributed by atoms with Crippen molar-refractivity contribution < 1.29 is 0 Å². The van der Waals surface area contributed by atoms with Crippen molar-refractivity contribution in [1.82, 2.24) is 4.98 Å². The van der Waals surface area contributed by atoms with Crippen molar-refractivity contribution in [1.29, 1.82) is 0 Å². The van der Waals surface area contributed by atoms with Crippen LogP contribution in [-0.2, 0) is 5.54 Å². The van der Waals surface area contributed by atoms with E-state index in [1.54, 1.807) is 0 Å². The zero-order valence-electron chi connectivity index (χ0n) is 12.8. The number of nitrogens with one attached hydrogen (secondary N) is 1. The van der Waals surface area contributed by atoms with Crippen LogP contribution < -0.4 is 11.1 Å².